The Kier molecular flexibility index (Phi) is 5.72. The minimum Gasteiger partial charge on any atom is -0.293 e. The van der Waals surface area contributed by atoms with Crippen molar-refractivity contribution in [3.63, 3.8) is 0 Å². The third-order valence-electron chi connectivity index (χ3n) is 3.77. The molecule has 0 bridgehead atoms. The molecule has 0 saturated carbocycles. The molecule has 0 spiro atoms. The van der Waals surface area contributed by atoms with Gasteiger partial charge in [-0.1, -0.05) is 29.4 Å². The van der Waals surface area contributed by atoms with E-state index in [1.165, 1.54) is 16.7 Å². The molecule has 1 heterocycles. The number of fused-ring (bicyclic) bond motifs is 1. The predicted octanol–water partition coefficient (Wildman–Crippen LogP) is 4.49. The second-order valence-corrected chi connectivity index (χ2v) is 6.98. The highest BCUT2D eigenvalue weighted by Crippen LogP contribution is 2.21. The second kappa shape index (κ2) is 8.02. The maximum absolute atomic E-state index is 13.3. The van der Waals surface area contributed by atoms with Gasteiger partial charge in [0, 0.05) is 17.1 Å². The summed E-state index contributed by atoms with van der Waals surface area (Å²) in [5, 5.41) is 1.10. The number of halogens is 3. The fourth-order valence-corrected chi connectivity index (χ4v) is 3.53. The van der Waals surface area contributed by atoms with Crippen LogP contribution in [0, 0.1) is 11.6 Å². The molecule has 3 aromatic rings. The lowest BCUT2D eigenvalue weighted by Crippen LogP contribution is -2.23. The molecule has 138 valence electrons. The molecule has 0 radical (unpaired) electrons. The van der Waals surface area contributed by atoms with Crippen LogP contribution in [-0.2, 0) is 6.54 Å². The Hall–Kier alpha value is -2.51. The number of carbonyl (C=O) groups excluding carboxylic acids is 1. The van der Waals surface area contributed by atoms with E-state index in [-0.39, 0.29) is 23.4 Å². The molecule has 8 heteroatoms. The summed E-state index contributed by atoms with van der Waals surface area (Å²) in [6.07, 6.45) is 1.54. The first-order valence-corrected chi connectivity index (χ1v) is 9.19. The fourth-order valence-electron chi connectivity index (χ4n) is 2.46. The van der Waals surface area contributed by atoms with E-state index in [9.17, 15) is 18.4 Å². The Bertz CT molecular complexity index is 1110. The predicted molar refractivity (Wildman–Crippen MR) is 103 cm³/mol. The van der Waals surface area contributed by atoms with Gasteiger partial charge >= 0.3 is 0 Å². The van der Waals surface area contributed by atoms with Crippen LogP contribution in [0.25, 0.3) is 10.9 Å². The molecule has 0 amide bonds. The van der Waals surface area contributed by atoms with Crippen molar-refractivity contribution in [3.05, 3.63) is 81.6 Å². The SMILES string of the molecule is C=CCn1c(SCC(=O)c2ccc(F)c(F)c2)nc2ccc(Cl)cc2c1=O. The number of aromatic nitrogens is 2. The number of allylic oxidation sites excluding steroid dienone is 1. The number of rotatable bonds is 6. The fraction of sp³-hybridized carbons (Fsp3) is 0.105. The standard InChI is InChI=1S/C19H13ClF2N2O2S/c1-2-7-24-18(26)13-9-12(20)4-6-16(13)23-19(24)27-10-17(25)11-3-5-14(21)15(22)8-11/h2-6,8-9H,1,7,10H2. The van der Waals surface area contributed by atoms with Gasteiger partial charge in [0.25, 0.3) is 5.56 Å². The van der Waals surface area contributed by atoms with Crippen molar-refractivity contribution in [2.24, 2.45) is 0 Å². The van der Waals surface area contributed by atoms with Crippen LogP contribution in [0.3, 0.4) is 0 Å². The number of hydrogen-bond donors (Lipinski definition) is 0. The van der Waals surface area contributed by atoms with Gasteiger partial charge in [-0.2, -0.15) is 0 Å². The van der Waals surface area contributed by atoms with Crippen LogP contribution in [0.15, 0.2) is 59.0 Å². The van der Waals surface area contributed by atoms with Crippen LogP contribution in [0.1, 0.15) is 10.4 Å². The molecule has 2 aromatic carbocycles. The summed E-state index contributed by atoms with van der Waals surface area (Å²) in [5.74, 6) is -2.60. The maximum atomic E-state index is 13.3. The molecule has 0 N–H and O–H groups in total. The Morgan fingerprint density at radius 2 is 2.00 bits per heavy atom. The second-order valence-electron chi connectivity index (χ2n) is 5.60. The zero-order valence-corrected chi connectivity index (χ0v) is 15.5. The smallest absolute Gasteiger partial charge is 0.262 e. The van der Waals surface area contributed by atoms with Crippen molar-refractivity contribution in [1.82, 2.24) is 9.55 Å². The Balaban J connectivity index is 1.93. The number of nitrogens with zero attached hydrogens (tertiary/aromatic N) is 2. The first-order chi connectivity index (χ1) is 12.9. The Morgan fingerprint density at radius 1 is 1.22 bits per heavy atom. The summed E-state index contributed by atoms with van der Waals surface area (Å²) in [4.78, 5) is 29.4. The molecule has 0 saturated heterocycles. The lowest BCUT2D eigenvalue weighted by molar-refractivity contribution is 0.102. The first kappa shape index (κ1) is 19.3. The van der Waals surface area contributed by atoms with E-state index in [1.807, 2.05) is 0 Å². The lowest BCUT2D eigenvalue weighted by Gasteiger charge is -2.11. The van der Waals surface area contributed by atoms with Gasteiger partial charge in [0.1, 0.15) is 0 Å². The lowest BCUT2D eigenvalue weighted by atomic mass is 10.1. The third-order valence-corrected chi connectivity index (χ3v) is 4.98. The molecule has 0 aliphatic heterocycles. The van der Waals surface area contributed by atoms with Gasteiger partial charge in [-0.25, -0.2) is 13.8 Å². The van der Waals surface area contributed by atoms with E-state index < -0.39 is 17.4 Å². The summed E-state index contributed by atoms with van der Waals surface area (Å²) in [7, 11) is 0. The van der Waals surface area contributed by atoms with Gasteiger partial charge in [-0.3, -0.25) is 14.2 Å². The van der Waals surface area contributed by atoms with Gasteiger partial charge in [0.15, 0.2) is 22.6 Å². The summed E-state index contributed by atoms with van der Waals surface area (Å²) in [6, 6.07) is 7.75. The number of Topliss-reactive ketones (excluding diaryl/α,β-unsaturated/α-hetero) is 1. The monoisotopic (exact) mass is 406 g/mol. The highest BCUT2D eigenvalue weighted by atomic mass is 35.5. The summed E-state index contributed by atoms with van der Waals surface area (Å²) >= 11 is 6.99. The van der Waals surface area contributed by atoms with E-state index in [2.05, 4.69) is 11.6 Å². The molecule has 3 rings (SSSR count). The van der Waals surface area contributed by atoms with Gasteiger partial charge in [-0.15, -0.1) is 6.58 Å². The van der Waals surface area contributed by atoms with Crippen LogP contribution < -0.4 is 5.56 Å². The van der Waals surface area contributed by atoms with E-state index in [0.29, 0.717) is 21.1 Å². The van der Waals surface area contributed by atoms with Crippen LogP contribution in [0.2, 0.25) is 5.02 Å². The van der Waals surface area contributed by atoms with Crippen LogP contribution in [0.5, 0.6) is 0 Å². The quantitative estimate of drug-likeness (QED) is 0.262. The number of thioether (sulfide) groups is 1. The maximum Gasteiger partial charge on any atom is 0.262 e. The topological polar surface area (TPSA) is 52.0 Å². The van der Waals surface area contributed by atoms with Crippen molar-refractivity contribution in [2.75, 3.05) is 5.75 Å². The van der Waals surface area contributed by atoms with Crippen molar-refractivity contribution >= 4 is 40.0 Å². The molecular weight excluding hydrogens is 394 g/mol. The zero-order valence-electron chi connectivity index (χ0n) is 13.9. The summed E-state index contributed by atoms with van der Waals surface area (Å²) in [5.41, 5.74) is 0.198. The number of ketones is 1. The van der Waals surface area contributed by atoms with Gasteiger partial charge < -0.3 is 0 Å². The highest BCUT2D eigenvalue weighted by Gasteiger charge is 2.15. The Labute approximate surface area is 162 Å². The average molecular weight is 407 g/mol. The molecule has 0 unspecified atom stereocenters. The number of hydrogen-bond acceptors (Lipinski definition) is 4. The van der Waals surface area contributed by atoms with Crippen molar-refractivity contribution in [3.8, 4) is 0 Å². The molecule has 4 nitrogen and oxygen atoms in total. The number of benzene rings is 2. The minimum absolute atomic E-state index is 0.0478. The van der Waals surface area contributed by atoms with Crippen LogP contribution in [-0.4, -0.2) is 21.1 Å². The molecule has 0 fully saturated rings. The summed E-state index contributed by atoms with van der Waals surface area (Å²) < 4.78 is 27.7. The molecule has 1 aromatic heterocycles. The largest absolute Gasteiger partial charge is 0.293 e. The molecule has 0 aliphatic carbocycles. The minimum atomic E-state index is -1.09. The summed E-state index contributed by atoms with van der Waals surface area (Å²) in [6.45, 7) is 3.83. The number of carbonyl (C=O) groups is 1. The van der Waals surface area contributed by atoms with Gasteiger partial charge in [0.2, 0.25) is 0 Å². The molecular formula is C19H13ClF2N2O2S. The van der Waals surface area contributed by atoms with Gasteiger partial charge in [-0.05, 0) is 36.4 Å². The van der Waals surface area contributed by atoms with E-state index >= 15 is 0 Å². The Morgan fingerprint density at radius 3 is 2.70 bits per heavy atom. The van der Waals surface area contributed by atoms with Gasteiger partial charge in [0.05, 0.1) is 16.7 Å². The van der Waals surface area contributed by atoms with Crippen LogP contribution >= 0.6 is 23.4 Å². The molecule has 0 aliphatic rings. The normalized spacial score (nSPS) is 10.9. The molecule has 0 atom stereocenters. The van der Waals surface area contributed by atoms with Crippen molar-refractivity contribution < 1.29 is 13.6 Å². The van der Waals surface area contributed by atoms with Crippen molar-refractivity contribution in [2.45, 2.75) is 11.7 Å². The van der Waals surface area contributed by atoms with Crippen LogP contribution in [0.4, 0.5) is 8.78 Å². The van der Waals surface area contributed by atoms with E-state index in [1.54, 1.807) is 18.2 Å². The zero-order chi connectivity index (χ0) is 19.6. The highest BCUT2D eigenvalue weighted by molar-refractivity contribution is 7.99. The average Bonchev–Trinajstić information content (AvgIpc) is 2.65. The first-order valence-electron chi connectivity index (χ1n) is 7.82. The molecule has 27 heavy (non-hydrogen) atoms. The van der Waals surface area contributed by atoms with E-state index in [0.717, 1.165) is 23.9 Å². The van der Waals surface area contributed by atoms with E-state index in [4.69, 9.17) is 11.6 Å². The third kappa shape index (κ3) is 4.09. The van der Waals surface area contributed by atoms with Crippen molar-refractivity contribution in [1.29, 1.82) is 0 Å².